The number of morpholine rings is 1. The third-order valence-electron chi connectivity index (χ3n) is 4.54. The summed E-state index contributed by atoms with van der Waals surface area (Å²) in [6, 6.07) is 7.73. The molecule has 3 rings (SSSR count). The highest BCUT2D eigenvalue weighted by molar-refractivity contribution is 6.00. The number of hydrogen-bond acceptors (Lipinski definition) is 4. The molecule has 1 aliphatic rings. The maximum Gasteiger partial charge on any atom is 0.267 e. The molecule has 1 aromatic heterocycles. The van der Waals surface area contributed by atoms with Crippen LogP contribution in [0, 0.1) is 0 Å². The fourth-order valence-corrected chi connectivity index (χ4v) is 3.15. The number of nitrogens with zero attached hydrogens (tertiary/aromatic N) is 2. The van der Waals surface area contributed by atoms with Gasteiger partial charge in [0.05, 0.1) is 25.8 Å². The second-order valence-electron chi connectivity index (χ2n) is 6.05. The first kappa shape index (κ1) is 16.8. The summed E-state index contributed by atoms with van der Waals surface area (Å²) in [6.07, 6.45) is 0.943. The highest BCUT2D eigenvalue weighted by Gasteiger charge is 2.15. The second-order valence-corrected chi connectivity index (χ2v) is 6.05. The van der Waals surface area contributed by atoms with Crippen molar-refractivity contribution >= 4 is 16.8 Å². The summed E-state index contributed by atoms with van der Waals surface area (Å²) in [7, 11) is 3.55. The van der Waals surface area contributed by atoms with E-state index in [0.29, 0.717) is 12.2 Å². The van der Waals surface area contributed by atoms with Gasteiger partial charge in [0, 0.05) is 32.1 Å². The van der Waals surface area contributed by atoms with E-state index in [2.05, 4.69) is 10.2 Å². The van der Waals surface area contributed by atoms with Gasteiger partial charge in [-0.25, -0.2) is 0 Å². The van der Waals surface area contributed by atoms with Crippen LogP contribution >= 0.6 is 0 Å². The Hall–Kier alpha value is -2.05. The van der Waals surface area contributed by atoms with Crippen LogP contribution in [-0.4, -0.2) is 61.9 Å². The van der Waals surface area contributed by atoms with Crippen LogP contribution in [0.2, 0.25) is 0 Å². The number of carbonyl (C=O) groups excluding carboxylic acids is 1. The van der Waals surface area contributed by atoms with E-state index in [4.69, 9.17) is 9.47 Å². The van der Waals surface area contributed by atoms with Crippen LogP contribution in [0.15, 0.2) is 24.3 Å². The first-order valence-electron chi connectivity index (χ1n) is 8.41. The monoisotopic (exact) mass is 331 g/mol. The van der Waals surface area contributed by atoms with Crippen LogP contribution in [0.5, 0.6) is 5.75 Å². The summed E-state index contributed by atoms with van der Waals surface area (Å²) >= 11 is 0. The molecular weight excluding hydrogens is 306 g/mol. The van der Waals surface area contributed by atoms with Crippen LogP contribution in [0.1, 0.15) is 16.9 Å². The molecular formula is C18H25N3O3. The molecule has 0 radical (unpaired) electrons. The van der Waals surface area contributed by atoms with E-state index < -0.39 is 0 Å². The minimum Gasteiger partial charge on any atom is -0.496 e. The average Bonchev–Trinajstić information content (AvgIpc) is 2.96. The van der Waals surface area contributed by atoms with Crippen LogP contribution in [0.3, 0.4) is 0 Å². The lowest BCUT2D eigenvalue weighted by molar-refractivity contribution is 0.0374. The standard InChI is InChI=1S/C18H25N3O3/c1-20-15-5-3-6-17(23-2)14(15)13-16(20)18(22)19-7-4-8-21-9-11-24-12-10-21/h3,5-6,13H,4,7-12H2,1-2H3,(H,19,22). The van der Waals surface area contributed by atoms with Gasteiger partial charge in [0.15, 0.2) is 0 Å². The Kier molecular flexibility index (Phi) is 5.37. The quantitative estimate of drug-likeness (QED) is 0.818. The van der Waals surface area contributed by atoms with Crippen molar-refractivity contribution in [1.82, 2.24) is 14.8 Å². The zero-order valence-corrected chi connectivity index (χ0v) is 14.4. The highest BCUT2D eigenvalue weighted by atomic mass is 16.5. The fourth-order valence-electron chi connectivity index (χ4n) is 3.15. The molecule has 6 heteroatoms. The lowest BCUT2D eigenvalue weighted by atomic mass is 10.2. The SMILES string of the molecule is COc1cccc2c1cc(C(=O)NCCCN1CCOCC1)n2C. The topological polar surface area (TPSA) is 55.7 Å². The van der Waals surface area contributed by atoms with E-state index in [1.54, 1.807) is 7.11 Å². The van der Waals surface area contributed by atoms with E-state index in [1.807, 2.05) is 35.9 Å². The molecule has 1 amide bonds. The summed E-state index contributed by atoms with van der Waals surface area (Å²) in [6.45, 7) is 5.25. The largest absolute Gasteiger partial charge is 0.496 e. The van der Waals surface area contributed by atoms with E-state index in [1.165, 1.54) is 0 Å². The van der Waals surface area contributed by atoms with Crippen molar-refractivity contribution in [3.63, 3.8) is 0 Å². The van der Waals surface area contributed by atoms with Gasteiger partial charge in [-0.2, -0.15) is 0 Å². The normalized spacial score (nSPS) is 15.6. The van der Waals surface area contributed by atoms with Gasteiger partial charge < -0.3 is 19.4 Å². The first-order chi connectivity index (χ1) is 11.7. The molecule has 1 aliphatic heterocycles. The third-order valence-corrected chi connectivity index (χ3v) is 4.54. The van der Waals surface area contributed by atoms with Gasteiger partial charge in [0.25, 0.3) is 5.91 Å². The summed E-state index contributed by atoms with van der Waals surface area (Å²) in [5, 5.41) is 3.98. The molecule has 1 saturated heterocycles. The van der Waals surface area contributed by atoms with Crippen LogP contribution in [0.25, 0.3) is 10.9 Å². The number of ether oxygens (including phenoxy) is 2. The summed E-state index contributed by atoms with van der Waals surface area (Å²) in [5.41, 5.74) is 1.65. The average molecular weight is 331 g/mol. The molecule has 24 heavy (non-hydrogen) atoms. The Labute approximate surface area is 142 Å². The molecule has 0 aliphatic carbocycles. The van der Waals surface area contributed by atoms with Crippen molar-refractivity contribution < 1.29 is 14.3 Å². The minimum absolute atomic E-state index is 0.0438. The van der Waals surface area contributed by atoms with E-state index in [-0.39, 0.29) is 5.91 Å². The Morgan fingerprint density at radius 3 is 2.88 bits per heavy atom. The van der Waals surface area contributed by atoms with Crippen molar-refractivity contribution in [2.45, 2.75) is 6.42 Å². The molecule has 0 saturated carbocycles. The van der Waals surface area contributed by atoms with Crippen molar-refractivity contribution in [3.8, 4) is 5.75 Å². The van der Waals surface area contributed by atoms with Crippen LogP contribution < -0.4 is 10.1 Å². The van der Waals surface area contributed by atoms with Crippen molar-refractivity contribution in [2.75, 3.05) is 46.5 Å². The lowest BCUT2D eigenvalue weighted by Crippen LogP contribution is -2.38. The second kappa shape index (κ2) is 7.68. The number of methoxy groups -OCH3 is 1. The molecule has 2 heterocycles. The Morgan fingerprint density at radius 2 is 2.12 bits per heavy atom. The molecule has 6 nitrogen and oxygen atoms in total. The Morgan fingerprint density at radius 1 is 1.33 bits per heavy atom. The summed E-state index contributed by atoms with van der Waals surface area (Å²) < 4.78 is 12.6. The molecule has 1 aromatic carbocycles. The van der Waals surface area contributed by atoms with Gasteiger partial charge in [-0.1, -0.05) is 6.07 Å². The zero-order chi connectivity index (χ0) is 16.9. The molecule has 0 spiro atoms. The van der Waals surface area contributed by atoms with Gasteiger partial charge in [0.2, 0.25) is 0 Å². The minimum atomic E-state index is -0.0438. The molecule has 130 valence electrons. The number of benzene rings is 1. The first-order valence-corrected chi connectivity index (χ1v) is 8.41. The maximum atomic E-state index is 12.5. The summed E-state index contributed by atoms with van der Waals surface area (Å²) in [4.78, 5) is 14.9. The molecule has 0 atom stereocenters. The van der Waals surface area contributed by atoms with Crippen molar-refractivity contribution in [2.24, 2.45) is 7.05 Å². The van der Waals surface area contributed by atoms with E-state index in [9.17, 15) is 4.79 Å². The molecule has 1 N–H and O–H groups in total. The fraction of sp³-hybridized carbons (Fsp3) is 0.500. The number of rotatable bonds is 6. The number of aryl methyl sites for hydroxylation is 1. The number of aromatic nitrogens is 1. The van der Waals surface area contributed by atoms with Gasteiger partial charge in [0.1, 0.15) is 11.4 Å². The van der Waals surface area contributed by atoms with E-state index >= 15 is 0 Å². The van der Waals surface area contributed by atoms with Crippen molar-refractivity contribution in [1.29, 1.82) is 0 Å². The van der Waals surface area contributed by atoms with Crippen LogP contribution in [0.4, 0.5) is 0 Å². The van der Waals surface area contributed by atoms with Crippen LogP contribution in [-0.2, 0) is 11.8 Å². The molecule has 2 aromatic rings. The van der Waals surface area contributed by atoms with E-state index in [0.717, 1.165) is 55.9 Å². The number of fused-ring (bicyclic) bond motifs is 1. The van der Waals surface area contributed by atoms with Gasteiger partial charge in [-0.3, -0.25) is 9.69 Å². The Balaban J connectivity index is 1.58. The number of carbonyl (C=O) groups is 1. The molecule has 0 bridgehead atoms. The number of amides is 1. The summed E-state index contributed by atoms with van der Waals surface area (Å²) in [5.74, 6) is 0.743. The molecule has 0 unspecified atom stereocenters. The number of hydrogen-bond donors (Lipinski definition) is 1. The van der Waals surface area contributed by atoms with Gasteiger partial charge in [-0.05, 0) is 31.2 Å². The predicted molar refractivity (Wildman–Crippen MR) is 93.7 cm³/mol. The lowest BCUT2D eigenvalue weighted by Gasteiger charge is -2.26. The Bertz CT molecular complexity index is 705. The van der Waals surface area contributed by atoms with Crippen molar-refractivity contribution in [3.05, 3.63) is 30.0 Å². The highest BCUT2D eigenvalue weighted by Crippen LogP contribution is 2.27. The number of nitrogens with one attached hydrogen (secondary N) is 1. The predicted octanol–water partition coefficient (Wildman–Crippen LogP) is 1.64. The van der Waals surface area contributed by atoms with Gasteiger partial charge >= 0.3 is 0 Å². The third kappa shape index (κ3) is 3.55. The zero-order valence-electron chi connectivity index (χ0n) is 14.4. The smallest absolute Gasteiger partial charge is 0.267 e. The molecule has 1 fully saturated rings. The maximum absolute atomic E-state index is 12.5. The van der Waals surface area contributed by atoms with Gasteiger partial charge in [-0.15, -0.1) is 0 Å².